The number of thioether (sulfide) groups is 1. The normalized spacial score (nSPS) is 17.1. The lowest BCUT2D eigenvalue weighted by Gasteiger charge is -2.16. The number of nitrogens with zero attached hydrogens (tertiary/aromatic N) is 2. The Morgan fingerprint density at radius 3 is 2.47 bits per heavy atom. The molecule has 2 aromatic rings. The van der Waals surface area contributed by atoms with Crippen LogP contribution >= 0.6 is 11.8 Å². The molecule has 1 saturated heterocycles. The number of amidine groups is 1. The molecule has 8 heteroatoms. The lowest BCUT2D eigenvalue weighted by Crippen LogP contribution is -2.35. The van der Waals surface area contributed by atoms with E-state index in [0.29, 0.717) is 30.6 Å². The first kappa shape index (κ1) is 23.8. The van der Waals surface area contributed by atoms with E-state index >= 15 is 0 Å². The van der Waals surface area contributed by atoms with Crippen molar-refractivity contribution in [1.82, 2.24) is 4.90 Å². The maximum atomic E-state index is 13.0. The molecule has 0 aromatic heterocycles. The Morgan fingerprint density at radius 1 is 1.16 bits per heavy atom. The smallest absolute Gasteiger partial charge is 0.242 e. The number of anilines is 1. The van der Waals surface area contributed by atoms with Gasteiger partial charge in [0.05, 0.1) is 25.4 Å². The van der Waals surface area contributed by atoms with Crippen LogP contribution in [-0.4, -0.2) is 54.0 Å². The first-order valence-corrected chi connectivity index (χ1v) is 11.5. The highest BCUT2D eigenvalue weighted by Gasteiger charge is 2.39. The number of amides is 2. The third-order valence-corrected chi connectivity index (χ3v) is 6.20. The van der Waals surface area contributed by atoms with E-state index in [9.17, 15) is 9.59 Å². The molecule has 0 spiro atoms. The molecule has 3 rings (SSSR count). The second-order valence-corrected chi connectivity index (χ2v) is 8.60. The minimum absolute atomic E-state index is 0.0725. The number of benzene rings is 2. The molecule has 0 radical (unpaired) electrons. The zero-order valence-electron chi connectivity index (χ0n) is 18.9. The van der Waals surface area contributed by atoms with E-state index < -0.39 is 5.25 Å². The number of hydrogen-bond acceptors (Lipinski definition) is 6. The molecule has 2 aromatic carbocycles. The van der Waals surface area contributed by atoms with Crippen molar-refractivity contribution in [3.63, 3.8) is 0 Å². The minimum atomic E-state index is -0.530. The van der Waals surface area contributed by atoms with Crippen LogP contribution in [0.15, 0.2) is 47.5 Å². The number of carbonyl (C=O) groups excluding carboxylic acids is 2. The van der Waals surface area contributed by atoms with Crippen molar-refractivity contribution in [2.75, 3.05) is 32.2 Å². The first-order chi connectivity index (χ1) is 15.4. The summed E-state index contributed by atoms with van der Waals surface area (Å²) in [5.74, 6) is 0.444. The van der Waals surface area contributed by atoms with Gasteiger partial charge in [-0.05, 0) is 56.2 Å². The van der Waals surface area contributed by atoms with E-state index in [1.165, 1.54) is 11.8 Å². The second kappa shape index (κ2) is 11.2. The Labute approximate surface area is 193 Å². The molecule has 1 fully saturated rings. The summed E-state index contributed by atoms with van der Waals surface area (Å²) >= 11 is 1.31. The Bertz CT molecular complexity index is 971. The lowest BCUT2D eigenvalue weighted by molar-refractivity contribution is -0.128. The third-order valence-electron chi connectivity index (χ3n) is 5.03. The molecule has 0 aliphatic carbocycles. The lowest BCUT2D eigenvalue weighted by atomic mass is 10.1. The fraction of sp³-hybridized carbons (Fsp3) is 0.375. The molecule has 32 heavy (non-hydrogen) atoms. The number of ether oxygens (including phenoxy) is 2. The highest BCUT2D eigenvalue weighted by molar-refractivity contribution is 8.15. The monoisotopic (exact) mass is 455 g/mol. The SMILES string of the molecule is CCOc1ccc(N=C2SC(CC(=O)Nc3c(C)cccc3C)C(=O)N2CCOC)cc1. The van der Waals surface area contributed by atoms with E-state index in [2.05, 4.69) is 10.3 Å². The number of methoxy groups -OCH3 is 1. The first-order valence-electron chi connectivity index (χ1n) is 10.6. The Morgan fingerprint density at radius 2 is 1.84 bits per heavy atom. The molecule has 0 bridgehead atoms. The molecule has 0 saturated carbocycles. The predicted octanol–water partition coefficient (Wildman–Crippen LogP) is 4.31. The predicted molar refractivity (Wildman–Crippen MR) is 129 cm³/mol. The Kier molecular flexibility index (Phi) is 8.30. The van der Waals surface area contributed by atoms with Crippen LogP contribution in [0.25, 0.3) is 0 Å². The van der Waals surface area contributed by atoms with Crippen molar-refractivity contribution in [1.29, 1.82) is 0 Å². The summed E-state index contributed by atoms with van der Waals surface area (Å²) in [6.45, 7) is 7.19. The zero-order valence-corrected chi connectivity index (χ0v) is 19.7. The quantitative estimate of drug-likeness (QED) is 0.610. The van der Waals surface area contributed by atoms with Crippen LogP contribution < -0.4 is 10.1 Å². The van der Waals surface area contributed by atoms with Gasteiger partial charge in [0.25, 0.3) is 0 Å². The summed E-state index contributed by atoms with van der Waals surface area (Å²) in [5.41, 5.74) is 3.49. The molecule has 1 aliphatic heterocycles. The molecule has 170 valence electrons. The summed E-state index contributed by atoms with van der Waals surface area (Å²) in [7, 11) is 1.59. The zero-order chi connectivity index (χ0) is 23.1. The molecule has 1 N–H and O–H groups in total. The van der Waals surface area contributed by atoms with Gasteiger partial charge in [0.2, 0.25) is 11.8 Å². The van der Waals surface area contributed by atoms with Crippen LogP contribution in [0.3, 0.4) is 0 Å². The average molecular weight is 456 g/mol. The van der Waals surface area contributed by atoms with Gasteiger partial charge in [0.15, 0.2) is 5.17 Å². The number of carbonyl (C=O) groups is 2. The third kappa shape index (κ3) is 5.89. The van der Waals surface area contributed by atoms with E-state index in [1.54, 1.807) is 12.0 Å². The van der Waals surface area contributed by atoms with Gasteiger partial charge >= 0.3 is 0 Å². The van der Waals surface area contributed by atoms with Gasteiger partial charge in [-0.15, -0.1) is 0 Å². The number of rotatable bonds is 9. The van der Waals surface area contributed by atoms with E-state index in [1.807, 2.05) is 63.2 Å². The number of aliphatic imine (C=N–C) groups is 1. The van der Waals surface area contributed by atoms with Gasteiger partial charge in [-0.25, -0.2) is 4.99 Å². The van der Waals surface area contributed by atoms with Crippen LogP contribution in [0.5, 0.6) is 5.75 Å². The summed E-state index contributed by atoms with van der Waals surface area (Å²) in [4.78, 5) is 32.0. The van der Waals surface area contributed by atoms with Crippen molar-refractivity contribution < 1.29 is 19.1 Å². The van der Waals surface area contributed by atoms with Crippen molar-refractivity contribution in [3.8, 4) is 5.75 Å². The Hall–Kier alpha value is -2.84. The maximum absolute atomic E-state index is 13.0. The average Bonchev–Trinajstić information content (AvgIpc) is 3.05. The molecule has 1 unspecified atom stereocenters. The molecule has 7 nitrogen and oxygen atoms in total. The van der Waals surface area contributed by atoms with Gasteiger partial charge < -0.3 is 14.8 Å². The fourth-order valence-electron chi connectivity index (χ4n) is 3.38. The van der Waals surface area contributed by atoms with Crippen molar-refractivity contribution >= 4 is 40.1 Å². The van der Waals surface area contributed by atoms with Gasteiger partial charge in [-0.2, -0.15) is 0 Å². The van der Waals surface area contributed by atoms with E-state index in [-0.39, 0.29) is 18.2 Å². The Balaban J connectivity index is 1.74. The highest BCUT2D eigenvalue weighted by Crippen LogP contribution is 2.32. The van der Waals surface area contributed by atoms with Crippen molar-refractivity contribution in [3.05, 3.63) is 53.6 Å². The van der Waals surface area contributed by atoms with E-state index in [4.69, 9.17) is 9.47 Å². The van der Waals surface area contributed by atoms with Crippen molar-refractivity contribution in [2.45, 2.75) is 32.4 Å². The van der Waals surface area contributed by atoms with Crippen LogP contribution in [0.4, 0.5) is 11.4 Å². The van der Waals surface area contributed by atoms with Crippen LogP contribution in [0, 0.1) is 13.8 Å². The largest absolute Gasteiger partial charge is 0.494 e. The minimum Gasteiger partial charge on any atom is -0.494 e. The maximum Gasteiger partial charge on any atom is 0.242 e. The van der Waals surface area contributed by atoms with Gasteiger partial charge in [-0.3, -0.25) is 14.5 Å². The molecule has 1 heterocycles. The summed E-state index contributed by atoms with van der Waals surface area (Å²) in [6.07, 6.45) is 0.0725. The molecule has 1 atom stereocenters. The number of aryl methyl sites for hydroxylation is 2. The van der Waals surface area contributed by atoms with Crippen LogP contribution in [-0.2, 0) is 14.3 Å². The van der Waals surface area contributed by atoms with Gasteiger partial charge in [0, 0.05) is 19.2 Å². The van der Waals surface area contributed by atoms with Crippen LogP contribution in [0.2, 0.25) is 0 Å². The van der Waals surface area contributed by atoms with Crippen LogP contribution in [0.1, 0.15) is 24.5 Å². The number of para-hydroxylation sites is 1. The highest BCUT2D eigenvalue weighted by atomic mass is 32.2. The summed E-state index contributed by atoms with van der Waals surface area (Å²) < 4.78 is 10.6. The standard InChI is InChI=1S/C24H29N3O4S/c1-5-31-19-11-9-18(10-12-19)25-24-27(13-14-30-4)23(29)20(32-24)15-21(28)26-22-16(2)7-6-8-17(22)3/h6-12,20H,5,13-15H2,1-4H3,(H,26,28). The summed E-state index contributed by atoms with van der Waals surface area (Å²) in [5, 5.41) is 3.01. The summed E-state index contributed by atoms with van der Waals surface area (Å²) in [6, 6.07) is 13.2. The van der Waals surface area contributed by atoms with E-state index in [0.717, 1.165) is 22.6 Å². The fourth-order valence-corrected chi connectivity index (χ4v) is 4.56. The molecular weight excluding hydrogens is 426 g/mol. The molecule has 2 amide bonds. The van der Waals surface area contributed by atoms with Gasteiger partial charge in [0.1, 0.15) is 11.0 Å². The molecular formula is C24H29N3O4S. The number of nitrogens with one attached hydrogen (secondary N) is 1. The van der Waals surface area contributed by atoms with Gasteiger partial charge in [-0.1, -0.05) is 30.0 Å². The topological polar surface area (TPSA) is 80.2 Å². The molecule has 1 aliphatic rings. The van der Waals surface area contributed by atoms with Crippen molar-refractivity contribution in [2.24, 2.45) is 4.99 Å². The second-order valence-electron chi connectivity index (χ2n) is 7.43. The number of hydrogen-bond donors (Lipinski definition) is 1.